The number of para-hydroxylation sites is 2. The number of hydrogen-bond donors (Lipinski definition) is 0. The summed E-state index contributed by atoms with van der Waals surface area (Å²) in [5.74, 6) is 1.78. The summed E-state index contributed by atoms with van der Waals surface area (Å²) in [4.78, 5) is 0. The van der Waals surface area contributed by atoms with Crippen LogP contribution in [0.3, 0.4) is 0 Å². The van der Waals surface area contributed by atoms with Gasteiger partial charge in [-0.1, -0.05) is 200 Å². The molecule has 12 rings (SSSR count). The Balaban J connectivity index is 1.22. The van der Waals surface area contributed by atoms with Crippen LogP contribution in [0.2, 0.25) is 0 Å². The molecule has 0 radical (unpaired) electrons. The average Bonchev–Trinajstić information content (AvgIpc) is 3.74. The zero-order valence-corrected chi connectivity index (χ0v) is 30.0. The van der Waals surface area contributed by atoms with Crippen molar-refractivity contribution < 1.29 is 4.74 Å². The van der Waals surface area contributed by atoms with E-state index in [1.54, 1.807) is 0 Å². The molecule has 1 spiro atoms. The molecule has 1 unspecified atom stereocenters. The van der Waals surface area contributed by atoms with Crippen molar-refractivity contribution >= 4 is 10.8 Å². The minimum atomic E-state index is -0.604. The van der Waals surface area contributed by atoms with Crippen LogP contribution in [0.5, 0.6) is 11.5 Å². The van der Waals surface area contributed by atoms with Gasteiger partial charge in [-0.15, -0.1) is 0 Å². The van der Waals surface area contributed by atoms with Crippen LogP contribution in [0.25, 0.3) is 44.2 Å². The molecular formula is C54H34O. The van der Waals surface area contributed by atoms with Crippen LogP contribution in [-0.4, -0.2) is 0 Å². The molecule has 0 N–H and O–H groups in total. The van der Waals surface area contributed by atoms with Crippen LogP contribution >= 0.6 is 0 Å². The molecule has 1 atom stereocenters. The van der Waals surface area contributed by atoms with Gasteiger partial charge < -0.3 is 4.74 Å². The summed E-state index contributed by atoms with van der Waals surface area (Å²) in [5.41, 5.74) is 16.4. The molecule has 1 heterocycles. The maximum atomic E-state index is 7.25. The largest absolute Gasteiger partial charge is 0.456 e. The third-order valence-electron chi connectivity index (χ3n) is 12.6. The lowest BCUT2D eigenvalue weighted by Gasteiger charge is -2.42. The van der Waals surface area contributed by atoms with Gasteiger partial charge in [0.15, 0.2) is 0 Å². The van der Waals surface area contributed by atoms with Gasteiger partial charge in [0.05, 0.1) is 10.8 Å². The third kappa shape index (κ3) is 3.82. The highest BCUT2D eigenvalue weighted by Crippen LogP contribution is 2.66. The van der Waals surface area contributed by atoms with E-state index in [1.807, 2.05) is 0 Å². The Hall–Kier alpha value is -6.96. The van der Waals surface area contributed by atoms with Gasteiger partial charge in [0.1, 0.15) is 11.5 Å². The second kappa shape index (κ2) is 11.3. The molecule has 0 fully saturated rings. The Bertz CT molecular complexity index is 2970. The fourth-order valence-corrected chi connectivity index (χ4v) is 10.6. The van der Waals surface area contributed by atoms with Crippen LogP contribution in [0, 0.1) is 0 Å². The first-order valence-electron chi connectivity index (χ1n) is 19.2. The SMILES string of the molecule is c1ccc(C2(c3ccccc3)c3ccccc3Oc3c(-c4cccc5c4C4(c6ccccc6-5)c5ccccc5-c5c4ccc4ccccc54)cccc32)cc1. The summed E-state index contributed by atoms with van der Waals surface area (Å²) in [6, 6.07) is 76.0. The number of ether oxygens (including phenoxy) is 1. The minimum absolute atomic E-state index is 0.524. The van der Waals surface area contributed by atoms with Gasteiger partial charge in [-0.05, 0) is 78.0 Å². The van der Waals surface area contributed by atoms with E-state index in [2.05, 4.69) is 206 Å². The van der Waals surface area contributed by atoms with Gasteiger partial charge in [-0.25, -0.2) is 0 Å². The van der Waals surface area contributed by atoms with Gasteiger partial charge in [0.25, 0.3) is 0 Å². The fraction of sp³-hybridized carbons (Fsp3) is 0.0370. The summed E-state index contributed by atoms with van der Waals surface area (Å²) in [6.07, 6.45) is 0. The second-order valence-corrected chi connectivity index (χ2v) is 15.0. The zero-order valence-electron chi connectivity index (χ0n) is 30.0. The number of fused-ring (bicyclic) bond motifs is 14. The Labute approximate surface area is 320 Å². The van der Waals surface area contributed by atoms with Crippen molar-refractivity contribution in [3.05, 3.63) is 251 Å². The summed E-state index contributed by atoms with van der Waals surface area (Å²) in [7, 11) is 0. The lowest BCUT2D eigenvalue weighted by atomic mass is 9.63. The minimum Gasteiger partial charge on any atom is -0.456 e. The molecule has 256 valence electrons. The molecular weight excluding hydrogens is 665 g/mol. The lowest BCUT2D eigenvalue weighted by Crippen LogP contribution is -2.34. The van der Waals surface area contributed by atoms with Crippen molar-refractivity contribution in [3.63, 3.8) is 0 Å². The predicted molar refractivity (Wildman–Crippen MR) is 224 cm³/mol. The average molecular weight is 699 g/mol. The number of benzene rings is 9. The highest BCUT2D eigenvalue weighted by atomic mass is 16.5. The van der Waals surface area contributed by atoms with E-state index >= 15 is 0 Å². The Morgan fingerprint density at radius 3 is 1.60 bits per heavy atom. The monoisotopic (exact) mass is 698 g/mol. The van der Waals surface area contributed by atoms with E-state index in [0.29, 0.717) is 0 Å². The first-order chi connectivity index (χ1) is 27.3. The maximum Gasteiger partial charge on any atom is 0.140 e. The second-order valence-electron chi connectivity index (χ2n) is 15.0. The standard InChI is InChI=1S/C54H34O/c1-3-18-36(19-4-1)53(37-20-5-2-6-21-37)46-30-13-14-32-49(46)55-52-42(27-16-31-48(52)53)41-26-15-25-40-39-23-9-11-28-44(39)54(51(40)41)45-29-12-10-24-43(45)50-38-22-8-7-17-35(38)33-34-47(50)54/h1-34H. The van der Waals surface area contributed by atoms with Gasteiger partial charge >= 0.3 is 0 Å². The van der Waals surface area contributed by atoms with Crippen LogP contribution < -0.4 is 4.74 Å². The van der Waals surface area contributed by atoms with E-state index in [1.165, 1.54) is 72.0 Å². The van der Waals surface area contributed by atoms with Crippen LogP contribution in [0.1, 0.15) is 44.5 Å². The van der Waals surface area contributed by atoms with Crippen LogP contribution in [-0.2, 0) is 10.8 Å². The molecule has 0 bridgehead atoms. The van der Waals surface area contributed by atoms with Gasteiger partial charge in [-0.2, -0.15) is 0 Å². The van der Waals surface area contributed by atoms with E-state index in [-0.39, 0.29) is 0 Å². The first kappa shape index (κ1) is 30.5. The number of rotatable bonds is 3. The van der Waals surface area contributed by atoms with Crippen molar-refractivity contribution in [3.8, 4) is 44.9 Å². The quantitative estimate of drug-likeness (QED) is 0.178. The third-order valence-corrected chi connectivity index (χ3v) is 12.6. The highest BCUT2D eigenvalue weighted by Gasteiger charge is 2.54. The fourth-order valence-electron chi connectivity index (χ4n) is 10.6. The molecule has 9 aromatic rings. The smallest absolute Gasteiger partial charge is 0.140 e. The van der Waals surface area contributed by atoms with E-state index in [9.17, 15) is 0 Å². The number of hydrogen-bond acceptors (Lipinski definition) is 1. The maximum absolute atomic E-state index is 7.25. The van der Waals surface area contributed by atoms with E-state index in [0.717, 1.165) is 28.2 Å². The molecule has 0 saturated carbocycles. The van der Waals surface area contributed by atoms with Crippen molar-refractivity contribution in [1.82, 2.24) is 0 Å². The summed E-state index contributed by atoms with van der Waals surface area (Å²) >= 11 is 0. The lowest BCUT2D eigenvalue weighted by molar-refractivity contribution is 0.436. The molecule has 1 nitrogen and oxygen atoms in total. The van der Waals surface area contributed by atoms with Crippen molar-refractivity contribution in [2.45, 2.75) is 10.8 Å². The summed E-state index contributed by atoms with van der Waals surface area (Å²) in [6.45, 7) is 0. The predicted octanol–water partition coefficient (Wildman–Crippen LogP) is 13.3. The van der Waals surface area contributed by atoms with Crippen molar-refractivity contribution in [2.24, 2.45) is 0 Å². The molecule has 0 amide bonds. The Morgan fingerprint density at radius 2 is 0.836 bits per heavy atom. The Morgan fingerprint density at radius 1 is 0.309 bits per heavy atom. The first-order valence-corrected chi connectivity index (χ1v) is 19.2. The van der Waals surface area contributed by atoms with Gasteiger partial charge in [-0.3, -0.25) is 0 Å². The van der Waals surface area contributed by atoms with Crippen LogP contribution in [0.4, 0.5) is 0 Å². The Kier molecular flexibility index (Phi) is 6.25. The normalized spacial score (nSPS) is 16.4. The van der Waals surface area contributed by atoms with Gasteiger partial charge in [0, 0.05) is 16.7 Å². The molecule has 1 aliphatic heterocycles. The van der Waals surface area contributed by atoms with Crippen molar-refractivity contribution in [1.29, 1.82) is 0 Å². The highest BCUT2D eigenvalue weighted by molar-refractivity contribution is 6.07. The zero-order chi connectivity index (χ0) is 36.1. The van der Waals surface area contributed by atoms with Gasteiger partial charge in [0.2, 0.25) is 0 Å². The summed E-state index contributed by atoms with van der Waals surface area (Å²) < 4.78 is 7.25. The molecule has 2 aliphatic carbocycles. The summed E-state index contributed by atoms with van der Waals surface area (Å²) in [5, 5.41) is 2.55. The molecule has 0 aromatic heterocycles. The van der Waals surface area contributed by atoms with E-state index in [4.69, 9.17) is 4.74 Å². The molecule has 9 aromatic carbocycles. The van der Waals surface area contributed by atoms with E-state index < -0.39 is 10.8 Å². The molecule has 3 aliphatic rings. The van der Waals surface area contributed by atoms with Crippen LogP contribution in [0.15, 0.2) is 206 Å². The van der Waals surface area contributed by atoms with Crippen molar-refractivity contribution in [2.75, 3.05) is 0 Å². The molecule has 55 heavy (non-hydrogen) atoms. The molecule has 1 heteroatoms. The molecule has 0 saturated heterocycles. The topological polar surface area (TPSA) is 9.23 Å².